The van der Waals surface area contributed by atoms with Crippen LogP contribution in [0.4, 0.5) is 0 Å². The molecule has 0 N–H and O–H groups in total. The Balaban J connectivity index is 1.91. The molecule has 0 aliphatic rings. The minimum atomic E-state index is 0.746. The zero-order valence-electron chi connectivity index (χ0n) is 14.4. The molecule has 0 bridgehead atoms. The van der Waals surface area contributed by atoms with Crippen molar-refractivity contribution in [3.63, 3.8) is 0 Å². The maximum absolute atomic E-state index is 4.70. The Kier molecular flexibility index (Phi) is 5.26. The summed E-state index contributed by atoms with van der Waals surface area (Å²) in [6.07, 6.45) is 13.3. The van der Waals surface area contributed by atoms with E-state index in [0.717, 1.165) is 37.3 Å². The molecule has 0 unspecified atom stereocenters. The van der Waals surface area contributed by atoms with Gasteiger partial charge < -0.3 is 9.13 Å². The number of rotatable bonds is 7. The van der Waals surface area contributed by atoms with Crippen LogP contribution < -0.4 is 0 Å². The van der Waals surface area contributed by atoms with Gasteiger partial charge in [-0.2, -0.15) is 0 Å². The summed E-state index contributed by atoms with van der Waals surface area (Å²) >= 11 is 0. The first-order valence-electron chi connectivity index (χ1n) is 8.50. The van der Waals surface area contributed by atoms with E-state index in [2.05, 4.69) is 57.5 Å². The van der Waals surface area contributed by atoms with Crippen LogP contribution in [0.15, 0.2) is 61.2 Å². The zero-order valence-corrected chi connectivity index (χ0v) is 14.4. The maximum atomic E-state index is 4.70. The van der Waals surface area contributed by atoms with Crippen LogP contribution in [-0.2, 0) is 20.0 Å². The summed E-state index contributed by atoms with van der Waals surface area (Å²) in [5.74, 6) is 1.04. The van der Waals surface area contributed by atoms with Gasteiger partial charge in [0.25, 0.3) is 0 Å². The molecule has 0 aliphatic heterocycles. The van der Waals surface area contributed by atoms with Gasteiger partial charge in [0.2, 0.25) is 0 Å². The van der Waals surface area contributed by atoms with Crippen molar-refractivity contribution in [3.8, 4) is 11.3 Å². The molecule has 4 nitrogen and oxygen atoms in total. The molecule has 0 atom stereocenters. The highest BCUT2D eigenvalue weighted by Gasteiger charge is 2.13. The van der Waals surface area contributed by atoms with Crippen molar-refractivity contribution in [1.82, 2.24) is 19.1 Å². The summed E-state index contributed by atoms with van der Waals surface area (Å²) in [5, 5.41) is 0. The molecule has 2 heterocycles. The normalized spacial score (nSPS) is 11.4. The highest BCUT2D eigenvalue weighted by atomic mass is 15.1. The largest absolute Gasteiger partial charge is 0.337 e. The molecule has 0 fully saturated rings. The number of aromatic nitrogens is 4. The Morgan fingerprint density at radius 2 is 1.92 bits per heavy atom. The Bertz CT molecular complexity index is 796. The first-order chi connectivity index (χ1) is 11.8. The minimum Gasteiger partial charge on any atom is -0.337 e. The molecule has 4 heteroatoms. The van der Waals surface area contributed by atoms with Gasteiger partial charge in [-0.3, -0.25) is 0 Å². The van der Waals surface area contributed by atoms with Crippen molar-refractivity contribution in [2.24, 2.45) is 7.05 Å². The molecule has 2 aromatic heterocycles. The number of imidazole rings is 2. The summed E-state index contributed by atoms with van der Waals surface area (Å²) in [6.45, 7) is 2.91. The van der Waals surface area contributed by atoms with Crippen LogP contribution in [0.1, 0.15) is 31.3 Å². The monoisotopic (exact) mass is 320 g/mol. The third-order valence-electron chi connectivity index (χ3n) is 4.18. The van der Waals surface area contributed by atoms with Crippen molar-refractivity contribution in [3.05, 3.63) is 72.7 Å². The fourth-order valence-corrected chi connectivity index (χ4v) is 2.85. The van der Waals surface area contributed by atoms with Crippen LogP contribution >= 0.6 is 0 Å². The number of aryl methyl sites for hydroxylation is 1. The van der Waals surface area contributed by atoms with E-state index in [9.17, 15) is 0 Å². The highest BCUT2D eigenvalue weighted by molar-refractivity contribution is 5.61. The van der Waals surface area contributed by atoms with Crippen LogP contribution in [-0.4, -0.2) is 19.1 Å². The lowest BCUT2D eigenvalue weighted by Crippen LogP contribution is -2.08. The predicted octanol–water partition coefficient (Wildman–Crippen LogP) is 4.23. The lowest BCUT2D eigenvalue weighted by molar-refractivity contribution is 0.669. The van der Waals surface area contributed by atoms with E-state index in [1.807, 2.05) is 31.8 Å². The van der Waals surface area contributed by atoms with Crippen molar-refractivity contribution >= 4 is 0 Å². The molecular weight excluding hydrogens is 296 g/mol. The molecule has 124 valence electrons. The highest BCUT2D eigenvalue weighted by Crippen LogP contribution is 2.24. The third kappa shape index (κ3) is 3.65. The topological polar surface area (TPSA) is 35.6 Å². The van der Waals surface area contributed by atoms with Gasteiger partial charge in [-0.25, -0.2) is 9.97 Å². The van der Waals surface area contributed by atoms with Crippen LogP contribution in [0.3, 0.4) is 0 Å². The maximum Gasteiger partial charge on any atom is 0.128 e. The average molecular weight is 320 g/mol. The standard InChI is InChI=1S/C20H24N4/c1-3-4-5-9-12-18-20(17-10-7-6-8-11-17)22-16-24(18)15-19-21-13-14-23(19)2/h4-8,10-11,13-14,16H,3,9,12,15H2,1-2H3/b5-4-. The molecule has 0 radical (unpaired) electrons. The number of nitrogens with zero attached hydrogens (tertiary/aromatic N) is 4. The number of allylic oxidation sites excluding steroid dienone is 2. The van der Waals surface area contributed by atoms with Gasteiger partial charge in [0.15, 0.2) is 0 Å². The van der Waals surface area contributed by atoms with E-state index in [1.54, 1.807) is 0 Å². The fourth-order valence-electron chi connectivity index (χ4n) is 2.85. The summed E-state index contributed by atoms with van der Waals surface area (Å²) in [6, 6.07) is 10.4. The quantitative estimate of drug-likeness (QED) is 0.611. The van der Waals surface area contributed by atoms with Gasteiger partial charge in [-0.15, -0.1) is 0 Å². The van der Waals surface area contributed by atoms with Crippen molar-refractivity contribution in [2.45, 2.75) is 32.7 Å². The van der Waals surface area contributed by atoms with Crippen LogP contribution in [0.5, 0.6) is 0 Å². The minimum absolute atomic E-state index is 0.746. The van der Waals surface area contributed by atoms with E-state index >= 15 is 0 Å². The molecule has 24 heavy (non-hydrogen) atoms. The molecule has 0 saturated carbocycles. The van der Waals surface area contributed by atoms with E-state index < -0.39 is 0 Å². The Morgan fingerprint density at radius 3 is 2.62 bits per heavy atom. The zero-order chi connectivity index (χ0) is 16.8. The van der Waals surface area contributed by atoms with E-state index in [1.165, 1.54) is 11.3 Å². The lowest BCUT2D eigenvalue weighted by atomic mass is 10.1. The molecule has 1 aromatic carbocycles. The fraction of sp³-hybridized carbons (Fsp3) is 0.300. The Morgan fingerprint density at radius 1 is 1.08 bits per heavy atom. The van der Waals surface area contributed by atoms with E-state index in [-0.39, 0.29) is 0 Å². The second-order valence-corrected chi connectivity index (χ2v) is 5.91. The smallest absolute Gasteiger partial charge is 0.128 e. The van der Waals surface area contributed by atoms with Crippen LogP contribution in [0.2, 0.25) is 0 Å². The second kappa shape index (κ2) is 7.77. The van der Waals surface area contributed by atoms with Gasteiger partial charge in [0, 0.05) is 30.7 Å². The van der Waals surface area contributed by atoms with Crippen molar-refractivity contribution < 1.29 is 0 Å². The molecular formula is C20H24N4. The summed E-state index contributed by atoms with van der Waals surface area (Å²) in [7, 11) is 2.03. The Labute approximate surface area is 143 Å². The first kappa shape index (κ1) is 16.2. The van der Waals surface area contributed by atoms with Crippen LogP contribution in [0, 0.1) is 0 Å². The van der Waals surface area contributed by atoms with Crippen molar-refractivity contribution in [1.29, 1.82) is 0 Å². The SMILES string of the molecule is CC/C=C\CCc1c(-c2ccccc2)ncn1Cc1nccn1C. The summed E-state index contributed by atoms with van der Waals surface area (Å²) in [4.78, 5) is 9.14. The number of hydrogen-bond donors (Lipinski definition) is 0. The van der Waals surface area contributed by atoms with Gasteiger partial charge in [-0.1, -0.05) is 49.4 Å². The first-order valence-corrected chi connectivity index (χ1v) is 8.50. The second-order valence-electron chi connectivity index (χ2n) is 5.91. The summed E-state index contributed by atoms with van der Waals surface area (Å²) in [5.41, 5.74) is 3.52. The molecule has 0 amide bonds. The summed E-state index contributed by atoms with van der Waals surface area (Å²) < 4.78 is 4.29. The Hall–Kier alpha value is -2.62. The van der Waals surface area contributed by atoms with Gasteiger partial charge >= 0.3 is 0 Å². The molecule has 0 spiro atoms. The molecule has 3 rings (SSSR count). The predicted molar refractivity (Wildman–Crippen MR) is 97.7 cm³/mol. The van der Waals surface area contributed by atoms with E-state index in [0.29, 0.717) is 0 Å². The molecule has 0 saturated heterocycles. The molecule has 0 aliphatic carbocycles. The van der Waals surface area contributed by atoms with Gasteiger partial charge in [0.1, 0.15) is 5.82 Å². The van der Waals surface area contributed by atoms with Gasteiger partial charge in [0.05, 0.1) is 18.6 Å². The average Bonchev–Trinajstić information content (AvgIpc) is 3.20. The van der Waals surface area contributed by atoms with Crippen molar-refractivity contribution in [2.75, 3.05) is 0 Å². The number of benzene rings is 1. The third-order valence-corrected chi connectivity index (χ3v) is 4.18. The lowest BCUT2D eigenvalue weighted by Gasteiger charge is -2.10. The van der Waals surface area contributed by atoms with Gasteiger partial charge in [-0.05, 0) is 19.3 Å². The number of hydrogen-bond acceptors (Lipinski definition) is 2. The van der Waals surface area contributed by atoms with E-state index in [4.69, 9.17) is 4.98 Å². The van der Waals surface area contributed by atoms with Crippen LogP contribution in [0.25, 0.3) is 11.3 Å². The molecule has 3 aromatic rings.